The number of aliphatic imine (C=N–C) groups is 1. The van der Waals surface area contributed by atoms with Crippen LogP contribution >= 0.6 is 11.6 Å². The number of halogens is 1. The molecular formula is C18H14ClN3O3. The van der Waals surface area contributed by atoms with Crippen molar-refractivity contribution >= 4 is 39.9 Å². The van der Waals surface area contributed by atoms with E-state index in [4.69, 9.17) is 16.4 Å². The van der Waals surface area contributed by atoms with Crippen molar-refractivity contribution in [1.29, 1.82) is 0 Å². The van der Waals surface area contributed by atoms with E-state index >= 15 is 0 Å². The maximum Gasteiger partial charge on any atom is 0.331 e. The van der Waals surface area contributed by atoms with Gasteiger partial charge in [0.15, 0.2) is 5.88 Å². The van der Waals surface area contributed by atoms with Crippen LogP contribution in [0.3, 0.4) is 0 Å². The van der Waals surface area contributed by atoms with Crippen molar-refractivity contribution in [3.05, 3.63) is 53.1 Å². The largest absolute Gasteiger partial charge is 0.494 e. The van der Waals surface area contributed by atoms with Gasteiger partial charge in [-0.05, 0) is 6.07 Å². The summed E-state index contributed by atoms with van der Waals surface area (Å²) in [5.74, 6) is -0.719. The Morgan fingerprint density at radius 1 is 1.36 bits per heavy atom. The number of nitrogens with one attached hydrogen (secondary N) is 1. The number of benzene rings is 1. The van der Waals surface area contributed by atoms with E-state index in [1.165, 1.54) is 6.92 Å². The SMILES string of the molecule is CC(=O)ON=C1C(c2c(O)[nH]c3c(Cl)cccc23)=NC2C=CC=CC12. The predicted octanol–water partition coefficient (Wildman–Crippen LogP) is 3.36. The lowest BCUT2D eigenvalue weighted by Gasteiger charge is -2.13. The van der Waals surface area contributed by atoms with E-state index in [0.717, 1.165) is 5.39 Å². The second-order valence-electron chi connectivity index (χ2n) is 5.83. The second-order valence-corrected chi connectivity index (χ2v) is 6.24. The molecule has 1 aliphatic carbocycles. The van der Waals surface area contributed by atoms with Gasteiger partial charge in [0, 0.05) is 12.3 Å². The van der Waals surface area contributed by atoms with Gasteiger partial charge in [-0.2, -0.15) is 0 Å². The summed E-state index contributed by atoms with van der Waals surface area (Å²) in [6.07, 6.45) is 7.69. The Morgan fingerprint density at radius 2 is 2.16 bits per heavy atom. The summed E-state index contributed by atoms with van der Waals surface area (Å²) < 4.78 is 0. The monoisotopic (exact) mass is 355 g/mol. The molecular weight excluding hydrogens is 342 g/mol. The van der Waals surface area contributed by atoms with Gasteiger partial charge in [0.25, 0.3) is 0 Å². The van der Waals surface area contributed by atoms with Crippen LogP contribution < -0.4 is 0 Å². The molecule has 0 bridgehead atoms. The first-order chi connectivity index (χ1) is 12.1. The number of H-pyrrole nitrogens is 1. The Kier molecular flexibility index (Phi) is 3.69. The summed E-state index contributed by atoms with van der Waals surface area (Å²) in [5, 5.41) is 15.7. The highest BCUT2D eigenvalue weighted by molar-refractivity contribution is 6.53. The number of carbonyl (C=O) groups is 1. The average Bonchev–Trinajstić information content (AvgIpc) is 3.10. The van der Waals surface area contributed by atoms with E-state index in [9.17, 15) is 9.90 Å². The number of hydrogen-bond acceptors (Lipinski definition) is 5. The molecule has 4 rings (SSSR count). The van der Waals surface area contributed by atoms with Crippen molar-refractivity contribution in [1.82, 2.24) is 4.98 Å². The van der Waals surface area contributed by atoms with Crippen molar-refractivity contribution in [2.24, 2.45) is 16.1 Å². The Bertz CT molecular complexity index is 1000. The van der Waals surface area contributed by atoms with Crippen LogP contribution in [0.15, 0.2) is 52.7 Å². The molecule has 2 N–H and O–H groups in total. The molecule has 0 saturated carbocycles. The van der Waals surface area contributed by atoms with Gasteiger partial charge < -0.3 is 14.9 Å². The van der Waals surface area contributed by atoms with Gasteiger partial charge in [-0.25, -0.2) is 4.79 Å². The van der Waals surface area contributed by atoms with Gasteiger partial charge in [-0.3, -0.25) is 4.99 Å². The molecule has 7 heteroatoms. The summed E-state index contributed by atoms with van der Waals surface area (Å²) in [7, 11) is 0. The van der Waals surface area contributed by atoms with Crippen molar-refractivity contribution in [2.45, 2.75) is 13.0 Å². The standard InChI is InChI=1S/C18H14ClN3O3/c1-9(23)25-22-16-10-5-2-3-8-13(10)20-17(16)14-11-6-4-7-12(19)15(11)21-18(14)24/h2-8,10,13,21,24H,1H3. The summed E-state index contributed by atoms with van der Waals surface area (Å²) in [6.45, 7) is 1.28. The highest BCUT2D eigenvalue weighted by atomic mass is 35.5. The van der Waals surface area contributed by atoms with Crippen LogP contribution in [0.25, 0.3) is 10.9 Å². The lowest BCUT2D eigenvalue weighted by Crippen LogP contribution is -2.23. The number of aromatic hydroxyl groups is 1. The van der Waals surface area contributed by atoms with Crippen molar-refractivity contribution < 1.29 is 14.7 Å². The summed E-state index contributed by atoms with van der Waals surface area (Å²) >= 11 is 6.21. The zero-order valence-electron chi connectivity index (χ0n) is 13.2. The van der Waals surface area contributed by atoms with Crippen molar-refractivity contribution in [2.75, 3.05) is 0 Å². The number of oxime groups is 1. The van der Waals surface area contributed by atoms with Crippen LogP contribution in [-0.4, -0.2) is 33.5 Å². The van der Waals surface area contributed by atoms with Crippen LogP contribution in [0.2, 0.25) is 5.02 Å². The predicted molar refractivity (Wildman–Crippen MR) is 96.3 cm³/mol. The quantitative estimate of drug-likeness (QED) is 0.639. The number of hydrogen-bond donors (Lipinski definition) is 2. The number of fused-ring (bicyclic) bond motifs is 2. The zero-order valence-corrected chi connectivity index (χ0v) is 14.0. The third-order valence-electron chi connectivity index (χ3n) is 4.21. The van der Waals surface area contributed by atoms with E-state index in [-0.39, 0.29) is 17.8 Å². The summed E-state index contributed by atoms with van der Waals surface area (Å²) in [6, 6.07) is 5.22. The fourth-order valence-corrected chi connectivity index (χ4v) is 3.38. The molecule has 2 aliphatic rings. The van der Waals surface area contributed by atoms with Crippen molar-refractivity contribution in [3.8, 4) is 5.88 Å². The van der Waals surface area contributed by atoms with Gasteiger partial charge in [-0.15, -0.1) is 0 Å². The number of rotatable bonds is 2. The van der Waals surface area contributed by atoms with E-state index in [2.05, 4.69) is 15.1 Å². The number of allylic oxidation sites excluding steroid dienone is 2. The number of para-hydroxylation sites is 1. The molecule has 1 aromatic heterocycles. The molecule has 0 spiro atoms. The first kappa shape index (κ1) is 15.7. The lowest BCUT2D eigenvalue weighted by atomic mass is 9.91. The Hall–Kier alpha value is -2.86. The summed E-state index contributed by atoms with van der Waals surface area (Å²) in [5.41, 5.74) is 2.10. The van der Waals surface area contributed by atoms with E-state index in [1.54, 1.807) is 12.1 Å². The normalized spacial score (nSPS) is 23.1. The van der Waals surface area contributed by atoms with Gasteiger partial charge in [0.1, 0.15) is 5.71 Å². The highest BCUT2D eigenvalue weighted by Gasteiger charge is 2.37. The maximum atomic E-state index is 11.2. The van der Waals surface area contributed by atoms with Crippen LogP contribution in [0.4, 0.5) is 0 Å². The Balaban J connectivity index is 1.91. The molecule has 6 nitrogen and oxygen atoms in total. The van der Waals surface area contributed by atoms with E-state index in [1.807, 2.05) is 30.4 Å². The third-order valence-corrected chi connectivity index (χ3v) is 4.53. The number of nitrogens with zero attached hydrogens (tertiary/aromatic N) is 2. The number of carbonyl (C=O) groups excluding carboxylic acids is 1. The molecule has 0 radical (unpaired) electrons. The minimum absolute atomic E-state index is 0.0519. The van der Waals surface area contributed by atoms with E-state index < -0.39 is 5.97 Å². The number of aromatic nitrogens is 1. The molecule has 1 aromatic carbocycles. The van der Waals surface area contributed by atoms with Crippen LogP contribution in [0.5, 0.6) is 5.88 Å². The molecule has 25 heavy (non-hydrogen) atoms. The molecule has 2 aromatic rings. The minimum Gasteiger partial charge on any atom is -0.494 e. The number of aromatic amines is 1. The molecule has 0 amide bonds. The van der Waals surface area contributed by atoms with Gasteiger partial charge in [-0.1, -0.05) is 53.2 Å². The molecule has 2 unspecified atom stereocenters. The second kappa shape index (κ2) is 5.89. The first-order valence-corrected chi connectivity index (χ1v) is 8.12. The minimum atomic E-state index is -0.517. The summed E-state index contributed by atoms with van der Waals surface area (Å²) in [4.78, 5) is 23.6. The Labute approximate surface area is 148 Å². The molecule has 126 valence electrons. The molecule has 2 heterocycles. The Morgan fingerprint density at radius 3 is 2.96 bits per heavy atom. The highest BCUT2D eigenvalue weighted by Crippen LogP contribution is 2.36. The topological polar surface area (TPSA) is 87.0 Å². The molecule has 2 atom stereocenters. The fourth-order valence-electron chi connectivity index (χ4n) is 3.16. The van der Waals surface area contributed by atoms with Gasteiger partial charge in [0.05, 0.1) is 33.8 Å². The van der Waals surface area contributed by atoms with Crippen molar-refractivity contribution in [3.63, 3.8) is 0 Å². The van der Waals surface area contributed by atoms with Crippen LogP contribution in [0.1, 0.15) is 12.5 Å². The van der Waals surface area contributed by atoms with Crippen LogP contribution in [0, 0.1) is 5.92 Å². The molecule has 1 aliphatic heterocycles. The molecule has 0 saturated heterocycles. The first-order valence-electron chi connectivity index (χ1n) is 7.74. The lowest BCUT2D eigenvalue weighted by molar-refractivity contribution is -0.140. The fraction of sp³-hybridized carbons (Fsp3) is 0.167. The van der Waals surface area contributed by atoms with E-state index in [0.29, 0.717) is 27.5 Å². The average molecular weight is 356 g/mol. The van der Waals surface area contributed by atoms with Crippen LogP contribution in [-0.2, 0) is 9.63 Å². The van der Waals surface area contributed by atoms with Gasteiger partial charge >= 0.3 is 5.97 Å². The smallest absolute Gasteiger partial charge is 0.331 e. The maximum absolute atomic E-state index is 11.2. The third kappa shape index (κ3) is 2.55. The zero-order chi connectivity index (χ0) is 17.6. The molecule has 0 fully saturated rings. The van der Waals surface area contributed by atoms with Gasteiger partial charge in [0.2, 0.25) is 0 Å².